The van der Waals surface area contributed by atoms with E-state index in [0.717, 1.165) is 44.9 Å². The zero-order valence-corrected chi connectivity index (χ0v) is 15.3. The minimum atomic E-state index is -0.251. The minimum absolute atomic E-state index is 0.251. The highest BCUT2D eigenvalue weighted by Crippen LogP contribution is 2.30. The molecule has 0 radical (unpaired) electrons. The SMILES string of the molecule is COOSc1cnc2c(c1)cc(-c1ccccn1)n2Cc1ccc(F)cc1. The summed E-state index contributed by atoms with van der Waals surface area (Å²) in [6, 6.07) is 16.3. The van der Waals surface area contributed by atoms with E-state index in [1.54, 1.807) is 24.5 Å². The van der Waals surface area contributed by atoms with Gasteiger partial charge in [-0.15, -0.1) is 0 Å². The van der Waals surface area contributed by atoms with Crippen molar-refractivity contribution in [1.29, 1.82) is 0 Å². The highest BCUT2D eigenvalue weighted by atomic mass is 32.2. The van der Waals surface area contributed by atoms with Crippen LogP contribution in [0.25, 0.3) is 22.4 Å². The molecule has 4 rings (SSSR count). The molecule has 5 nitrogen and oxygen atoms in total. The Balaban J connectivity index is 1.81. The molecule has 0 amide bonds. The first-order valence-electron chi connectivity index (χ1n) is 8.27. The number of hydrogen-bond donors (Lipinski definition) is 0. The van der Waals surface area contributed by atoms with Crippen molar-refractivity contribution in [2.75, 3.05) is 7.11 Å². The summed E-state index contributed by atoms with van der Waals surface area (Å²) in [5.41, 5.74) is 3.59. The molecule has 7 heteroatoms. The molecular formula is C20H16FN3O2S. The largest absolute Gasteiger partial charge is 0.319 e. The van der Waals surface area contributed by atoms with Gasteiger partial charge in [0.05, 0.1) is 35.4 Å². The molecule has 0 fully saturated rings. The van der Waals surface area contributed by atoms with Crippen LogP contribution in [0.3, 0.4) is 0 Å². The second-order valence-electron chi connectivity index (χ2n) is 5.86. The number of nitrogens with zero attached hydrogens (tertiary/aromatic N) is 3. The smallest absolute Gasteiger partial charge is 0.140 e. The van der Waals surface area contributed by atoms with E-state index in [1.165, 1.54) is 19.2 Å². The van der Waals surface area contributed by atoms with E-state index in [4.69, 9.17) is 4.33 Å². The lowest BCUT2D eigenvalue weighted by molar-refractivity contribution is -0.160. The van der Waals surface area contributed by atoms with E-state index in [0.29, 0.717) is 6.54 Å². The summed E-state index contributed by atoms with van der Waals surface area (Å²) < 4.78 is 20.3. The Bertz CT molecular complexity index is 1050. The fourth-order valence-corrected chi connectivity index (χ4v) is 3.32. The molecule has 0 spiro atoms. The summed E-state index contributed by atoms with van der Waals surface area (Å²) in [5.74, 6) is -0.251. The number of halogens is 1. The molecule has 27 heavy (non-hydrogen) atoms. The summed E-state index contributed by atoms with van der Waals surface area (Å²) >= 11 is 1.10. The van der Waals surface area contributed by atoms with Gasteiger partial charge in [0.15, 0.2) is 0 Å². The lowest BCUT2D eigenvalue weighted by atomic mass is 10.2. The lowest BCUT2D eigenvalue weighted by Gasteiger charge is -2.10. The second kappa shape index (κ2) is 7.87. The second-order valence-corrected chi connectivity index (χ2v) is 6.63. The monoisotopic (exact) mass is 381 g/mol. The molecule has 0 bridgehead atoms. The average Bonchev–Trinajstić information content (AvgIpc) is 3.06. The first-order chi connectivity index (χ1) is 13.2. The van der Waals surface area contributed by atoms with E-state index in [-0.39, 0.29) is 5.82 Å². The third-order valence-electron chi connectivity index (χ3n) is 4.09. The van der Waals surface area contributed by atoms with Gasteiger partial charge in [0, 0.05) is 24.3 Å². The molecule has 136 valence electrons. The number of hydrogen-bond acceptors (Lipinski definition) is 5. The van der Waals surface area contributed by atoms with Crippen LogP contribution >= 0.6 is 12.0 Å². The van der Waals surface area contributed by atoms with Crippen LogP contribution in [0, 0.1) is 5.82 Å². The Kier molecular flexibility index (Phi) is 5.15. The fourth-order valence-electron chi connectivity index (χ4n) is 2.90. The third kappa shape index (κ3) is 3.85. The van der Waals surface area contributed by atoms with Crippen LogP contribution in [0.4, 0.5) is 4.39 Å². The van der Waals surface area contributed by atoms with Crippen molar-refractivity contribution in [3.8, 4) is 11.4 Å². The first kappa shape index (κ1) is 17.7. The summed E-state index contributed by atoms with van der Waals surface area (Å²) in [4.78, 5) is 14.5. The predicted octanol–water partition coefficient (Wildman–Crippen LogP) is 4.87. The van der Waals surface area contributed by atoms with E-state index < -0.39 is 0 Å². The Hall–Kier alpha value is -2.74. The Morgan fingerprint density at radius 3 is 2.67 bits per heavy atom. The molecule has 0 unspecified atom stereocenters. The molecule has 0 atom stereocenters. The van der Waals surface area contributed by atoms with Crippen molar-refractivity contribution >= 4 is 23.1 Å². The summed E-state index contributed by atoms with van der Waals surface area (Å²) in [5, 5.41) is 0.961. The average molecular weight is 381 g/mol. The molecule has 3 heterocycles. The summed E-state index contributed by atoms with van der Waals surface area (Å²) in [6.45, 7) is 0.559. The van der Waals surface area contributed by atoms with Gasteiger partial charge in [-0.2, -0.15) is 4.33 Å². The maximum absolute atomic E-state index is 13.3. The zero-order valence-electron chi connectivity index (χ0n) is 14.5. The van der Waals surface area contributed by atoms with Crippen molar-refractivity contribution in [3.05, 3.63) is 78.4 Å². The first-order valence-corrected chi connectivity index (χ1v) is 9.01. The van der Waals surface area contributed by atoms with Gasteiger partial charge < -0.3 is 4.57 Å². The van der Waals surface area contributed by atoms with E-state index in [9.17, 15) is 4.39 Å². The van der Waals surface area contributed by atoms with E-state index in [2.05, 4.69) is 19.4 Å². The van der Waals surface area contributed by atoms with Gasteiger partial charge in [-0.05, 0) is 42.0 Å². The molecule has 0 aliphatic heterocycles. The molecule has 0 aliphatic carbocycles. The van der Waals surface area contributed by atoms with Gasteiger partial charge in [0.25, 0.3) is 0 Å². The predicted molar refractivity (Wildman–Crippen MR) is 102 cm³/mol. The van der Waals surface area contributed by atoms with Gasteiger partial charge in [-0.25, -0.2) is 14.3 Å². The van der Waals surface area contributed by atoms with Gasteiger partial charge >= 0.3 is 0 Å². The van der Waals surface area contributed by atoms with Gasteiger partial charge in [-0.1, -0.05) is 18.2 Å². The van der Waals surface area contributed by atoms with Crippen molar-refractivity contribution in [2.45, 2.75) is 11.4 Å². The van der Waals surface area contributed by atoms with Crippen LogP contribution in [0.2, 0.25) is 0 Å². The van der Waals surface area contributed by atoms with Crippen molar-refractivity contribution in [1.82, 2.24) is 14.5 Å². The minimum Gasteiger partial charge on any atom is -0.319 e. The molecule has 0 N–H and O–H groups in total. The Labute approximate surface area is 159 Å². The molecule has 0 aliphatic rings. The van der Waals surface area contributed by atoms with Crippen molar-refractivity contribution in [3.63, 3.8) is 0 Å². The molecular weight excluding hydrogens is 365 g/mol. The summed E-state index contributed by atoms with van der Waals surface area (Å²) in [7, 11) is 1.46. The van der Waals surface area contributed by atoms with Gasteiger partial charge in [0.1, 0.15) is 11.5 Å². The Morgan fingerprint density at radius 1 is 1.07 bits per heavy atom. The summed E-state index contributed by atoms with van der Waals surface area (Å²) in [6.07, 6.45) is 3.49. The normalized spacial score (nSPS) is 11.2. The van der Waals surface area contributed by atoms with Crippen molar-refractivity contribution < 1.29 is 13.6 Å². The van der Waals surface area contributed by atoms with Gasteiger partial charge in [-0.3, -0.25) is 4.98 Å². The lowest BCUT2D eigenvalue weighted by Crippen LogP contribution is -2.03. The van der Waals surface area contributed by atoms with E-state index >= 15 is 0 Å². The highest BCUT2D eigenvalue weighted by Gasteiger charge is 2.14. The zero-order chi connectivity index (χ0) is 18.6. The van der Waals surface area contributed by atoms with Crippen LogP contribution in [-0.2, 0) is 15.8 Å². The maximum Gasteiger partial charge on any atom is 0.140 e. The van der Waals surface area contributed by atoms with Crippen LogP contribution < -0.4 is 0 Å². The molecule has 0 saturated carbocycles. The molecule has 4 aromatic rings. The Morgan fingerprint density at radius 2 is 1.93 bits per heavy atom. The van der Waals surface area contributed by atoms with Gasteiger partial charge in [0.2, 0.25) is 0 Å². The highest BCUT2D eigenvalue weighted by molar-refractivity contribution is 7.94. The van der Waals surface area contributed by atoms with Crippen LogP contribution in [0.1, 0.15) is 5.56 Å². The standard InChI is InChI=1S/C20H16FN3O2S/c1-25-26-27-17-10-15-11-19(18-4-2-3-9-22-18)24(20(15)23-12-17)13-14-5-7-16(21)8-6-14/h2-12H,13H2,1H3. The molecule has 0 saturated heterocycles. The fraction of sp³-hybridized carbons (Fsp3) is 0.100. The molecule has 1 aromatic carbocycles. The van der Waals surface area contributed by atoms with Crippen molar-refractivity contribution in [2.24, 2.45) is 0 Å². The topological polar surface area (TPSA) is 49.2 Å². The number of rotatable bonds is 6. The molecule has 3 aromatic heterocycles. The number of pyridine rings is 2. The van der Waals surface area contributed by atoms with Crippen LogP contribution in [-0.4, -0.2) is 21.6 Å². The maximum atomic E-state index is 13.3. The van der Waals surface area contributed by atoms with Crippen LogP contribution in [0.5, 0.6) is 0 Å². The number of benzene rings is 1. The number of fused-ring (bicyclic) bond motifs is 1. The number of aromatic nitrogens is 3. The third-order valence-corrected chi connectivity index (χ3v) is 4.71. The van der Waals surface area contributed by atoms with E-state index in [1.807, 2.05) is 30.3 Å². The van der Waals surface area contributed by atoms with Crippen LogP contribution in [0.15, 0.2) is 71.9 Å². The quantitative estimate of drug-likeness (QED) is 0.271.